The lowest BCUT2D eigenvalue weighted by Crippen LogP contribution is -2.25. The molecule has 98 valence electrons. The Bertz CT molecular complexity index is 622. The van der Waals surface area contributed by atoms with Gasteiger partial charge in [0.2, 0.25) is 0 Å². The van der Waals surface area contributed by atoms with Crippen LogP contribution < -0.4 is 0 Å². The number of hydrazone groups is 1. The average Bonchev–Trinajstić information content (AvgIpc) is 2.35. The van der Waals surface area contributed by atoms with E-state index in [1.165, 1.54) is 17.4 Å². The Balaban J connectivity index is 2.49. The topological polar surface area (TPSA) is 60.6 Å². The fraction of sp³-hybridized carbons (Fsp3) is 0.0833. The monoisotopic (exact) mass is 296 g/mol. The molecular weight excluding hydrogens is 287 g/mol. The quantitative estimate of drug-likeness (QED) is 0.674. The van der Waals surface area contributed by atoms with Crippen LogP contribution in [0.25, 0.3) is 0 Å². The average molecular weight is 297 g/mol. The minimum absolute atomic E-state index is 0.0274. The second-order valence-corrected chi connectivity index (χ2v) is 4.45. The van der Waals surface area contributed by atoms with Crippen molar-refractivity contribution >= 4 is 40.5 Å². The molecule has 0 spiro atoms. The lowest BCUT2D eigenvalue weighted by Gasteiger charge is -2.20. The molecule has 0 unspecified atom stereocenters. The number of aromatic hydroxyl groups is 1. The van der Waals surface area contributed by atoms with E-state index in [2.05, 4.69) is 21.7 Å². The predicted molar refractivity (Wildman–Crippen MR) is 78.3 cm³/mol. The number of allylic oxidation sites excluding steroid dienone is 1. The molecule has 0 fully saturated rings. The van der Waals surface area contributed by atoms with Gasteiger partial charge in [-0.15, -0.1) is 5.10 Å². The first-order valence-corrected chi connectivity index (χ1v) is 6.01. The van der Waals surface area contributed by atoms with Crippen LogP contribution >= 0.6 is 23.2 Å². The highest BCUT2D eigenvalue weighted by Gasteiger charge is 2.20. The molecule has 1 N–H and O–H groups in total. The molecule has 2 rings (SSSR count). The second kappa shape index (κ2) is 5.42. The van der Waals surface area contributed by atoms with Crippen LogP contribution in [0, 0.1) is 0 Å². The Morgan fingerprint density at radius 1 is 1.42 bits per heavy atom. The lowest BCUT2D eigenvalue weighted by molar-refractivity contribution is 0.473. The molecule has 0 saturated carbocycles. The molecule has 5 nitrogen and oxygen atoms in total. The summed E-state index contributed by atoms with van der Waals surface area (Å²) in [6, 6.07) is 4.65. The summed E-state index contributed by atoms with van der Waals surface area (Å²) in [6.45, 7) is 3.74. The second-order valence-electron chi connectivity index (χ2n) is 3.65. The first kappa shape index (κ1) is 13.6. The van der Waals surface area contributed by atoms with E-state index in [1.54, 1.807) is 19.2 Å². The highest BCUT2D eigenvalue weighted by Crippen LogP contribution is 2.25. The Labute approximate surface area is 120 Å². The number of nitrogens with zero attached hydrogens (tertiary/aromatic N) is 4. The van der Waals surface area contributed by atoms with Crippen molar-refractivity contribution in [1.29, 1.82) is 0 Å². The van der Waals surface area contributed by atoms with Crippen LogP contribution in [0.5, 0.6) is 5.75 Å². The Morgan fingerprint density at radius 2 is 2.16 bits per heavy atom. The van der Waals surface area contributed by atoms with Gasteiger partial charge in [-0.3, -0.25) is 4.99 Å². The maximum Gasteiger partial charge on any atom is 0.185 e. The minimum Gasteiger partial charge on any atom is -0.507 e. The molecule has 1 aromatic carbocycles. The number of hydrogen-bond donors (Lipinski definition) is 1. The van der Waals surface area contributed by atoms with Crippen molar-refractivity contribution in [2.75, 3.05) is 7.05 Å². The molecule has 0 bridgehead atoms. The van der Waals surface area contributed by atoms with Crippen LogP contribution in [0.1, 0.15) is 5.56 Å². The van der Waals surface area contributed by atoms with Gasteiger partial charge in [-0.2, -0.15) is 0 Å². The molecule has 19 heavy (non-hydrogen) atoms. The molecule has 0 saturated heterocycles. The fourth-order valence-corrected chi connectivity index (χ4v) is 1.78. The van der Waals surface area contributed by atoms with Gasteiger partial charge in [0.05, 0.1) is 11.3 Å². The van der Waals surface area contributed by atoms with Crippen LogP contribution in [0.15, 0.2) is 45.6 Å². The molecule has 1 aromatic rings. The number of halogens is 2. The van der Waals surface area contributed by atoms with Gasteiger partial charge >= 0.3 is 0 Å². The van der Waals surface area contributed by atoms with E-state index in [4.69, 9.17) is 23.2 Å². The van der Waals surface area contributed by atoms with E-state index in [0.29, 0.717) is 16.3 Å². The summed E-state index contributed by atoms with van der Waals surface area (Å²) < 4.78 is 0. The zero-order valence-electron chi connectivity index (χ0n) is 10.0. The first-order valence-electron chi connectivity index (χ1n) is 5.25. The smallest absolute Gasteiger partial charge is 0.185 e. The van der Waals surface area contributed by atoms with Gasteiger partial charge in [-0.25, -0.2) is 10.0 Å². The van der Waals surface area contributed by atoms with Crippen molar-refractivity contribution in [3.63, 3.8) is 0 Å². The molecule has 0 radical (unpaired) electrons. The number of amidine groups is 1. The largest absolute Gasteiger partial charge is 0.507 e. The van der Waals surface area contributed by atoms with E-state index < -0.39 is 0 Å². The molecule has 0 amide bonds. The normalized spacial score (nSPS) is 15.7. The maximum absolute atomic E-state index is 9.86. The third-order valence-electron chi connectivity index (χ3n) is 2.35. The number of aliphatic imine (C=N–C) groups is 2. The van der Waals surface area contributed by atoms with Gasteiger partial charge in [-0.1, -0.05) is 29.8 Å². The third-order valence-corrected chi connectivity index (χ3v) is 2.88. The maximum atomic E-state index is 9.86. The van der Waals surface area contributed by atoms with Crippen molar-refractivity contribution in [3.05, 3.63) is 41.1 Å². The summed E-state index contributed by atoms with van der Waals surface area (Å²) in [5.74, 6) is 0.229. The summed E-state index contributed by atoms with van der Waals surface area (Å²) in [6.07, 6.45) is 1.45. The van der Waals surface area contributed by atoms with E-state index in [1.807, 2.05) is 0 Å². The molecule has 0 aromatic heterocycles. The highest BCUT2D eigenvalue weighted by molar-refractivity contribution is 6.70. The van der Waals surface area contributed by atoms with E-state index in [0.717, 1.165) is 0 Å². The summed E-state index contributed by atoms with van der Waals surface area (Å²) >= 11 is 11.8. The van der Waals surface area contributed by atoms with Crippen LogP contribution in [0.3, 0.4) is 0 Å². The predicted octanol–water partition coefficient (Wildman–Crippen LogP) is 2.83. The van der Waals surface area contributed by atoms with Gasteiger partial charge in [-0.05, 0) is 18.2 Å². The standard InChI is InChI=1S/C12H10Cl2N4O/c1-7-11(14)16-12(17-18(7)6-15-2)9-4-3-8(13)5-10(9)19/h3-6,19H,1H2,2H3. The summed E-state index contributed by atoms with van der Waals surface area (Å²) in [5, 5.41) is 16.0. The van der Waals surface area contributed by atoms with E-state index >= 15 is 0 Å². The number of benzene rings is 1. The van der Waals surface area contributed by atoms with Gasteiger partial charge in [0, 0.05) is 12.1 Å². The Morgan fingerprint density at radius 3 is 2.79 bits per heavy atom. The molecule has 1 aliphatic rings. The molecule has 0 aliphatic carbocycles. The zero-order chi connectivity index (χ0) is 14.0. The lowest BCUT2D eigenvalue weighted by atomic mass is 10.2. The Hall–Kier alpha value is -1.85. The van der Waals surface area contributed by atoms with Crippen molar-refractivity contribution in [2.45, 2.75) is 0 Å². The van der Waals surface area contributed by atoms with Crippen LogP contribution in [0.4, 0.5) is 0 Å². The summed E-state index contributed by atoms with van der Waals surface area (Å²) in [7, 11) is 1.60. The van der Waals surface area contributed by atoms with Gasteiger partial charge in [0.25, 0.3) is 0 Å². The molecule has 7 heteroatoms. The van der Waals surface area contributed by atoms with Crippen molar-refractivity contribution in [3.8, 4) is 5.75 Å². The van der Waals surface area contributed by atoms with E-state index in [9.17, 15) is 5.11 Å². The van der Waals surface area contributed by atoms with Crippen molar-refractivity contribution in [2.24, 2.45) is 15.1 Å². The highest BCUT2D eigenvalue weighted by atomic mass is 35.5. The number of rotatable bonds is 2. The molecular formula is C12H10Cl2N4O. The molecule has 0 atom stereocenters. The molecule has 1 heterocycles. The Kier molecular flexibility index (Phi) is 3.87. The minimum atomic E-state index is -0.0274. The third kappa shape index (κ3) is 2.77. The van der Waals surface area contributed by atoms with Crippen LogP contribution in [0.2, 0.25) is 5.02 Å². The number of phenolic OH excluding ortho intramolecular Hbond substituents is 1. The number of hydrogen-bond acceptors (Lipinski definition) is 4. The fourth-order valence-electron chi connectivity index (χ4n) is 1.45. The summed E-state index contributed by atoms with van der Waals surface area (Å²) in [4.78, 5) is 7.93. The zero-order valence-corrected chi connectivity index (χ0v) is 11.5. The van der Waals surface area contributed by atoms with Gasteiger partial charge < -0.3 is 5.11 Å². The van der Waals surface area contributed by atoms with E-state index in [-0.39, 0.29) is 16.8 Å². The van der Waals surface area contributed by atoms with Crippen LogP contribution in [-0.4, -0.2) is 34.5 Å². The van der Waals surface area contributed by atoms with Crippen molar-refractivity contribution in [1.82, 2.24) is 5.01 Å². The van der Waals surface area contributed by atoms with Crippen LogP contribution in [-0.2, 0) is 0 Å². The SMILES string of the molecule is C=C1C(Cl)=NC(c2ccc(Cl)cc2O)=NN1C=NC. The molecule has 1 aliphatic heterocycles. The summed E-state index contributed by atoms with van der Waals surface area (Å²) in [5.41, 5.74) is 0.828. The number of phenols is 1. The first-order chi connectivity index (χ1) is 9.02. The van der Waals surface area contributed by atoms with Gasteiger partial charge in [0.1, 0.15) is 12.1 Å². The van der Waals surface area contributed by atoms with Gasteiger partial charge in [0.15, 0.2) is 11.0 Å². The van der Waals surface area contributed by atoms with Crippen molar-refractivity contribution < 1.29 is 5.11 Å².